The van der Waals surface area contributed by atoms with Crippen LogP contribution in [-0.2, 0) is 4.74 Å². The number of methoxy groups -OCH3 is 2. The second kappa shape index (κ2) is 7.91. The van der Waals surface area contributed by atoms with Crippen LogP contribution in [0.15, 0.2) is 60.7 Å². The van der Waals surface area contributed by atoms with Gasteiger partial charge in [-0.25, -0.2) is 4.79 Å². The number of hydrogen-bond acceptors (Lipinski definition) is 5. The molecule has 152 valence electrons. The van der Waals surface area contributed by atoms with Crippen molar-refractivity contribution in [1.82, 2.24) is 4.40 Å². The van der Waals surface area contributed by atoms with Crippen LogP contribution in [0.5, 0.6) is 11.5 Å². The van der Waals surface area contributed by atoms with Crippen LogP contribution >= 0.6 is 0 Å². The molecule has 0 bridgehead atoms. The number of ether oxygens (including phenoxy) is 3. The van der Waals surface area contributed by atoms with Gasteiger partial charge in [-0.3, -0.25) is 4.79 Å². The molecule has 0 atom stereocenters. The molecule has 4 aromatic rings. The van der Waals surface area contributed by atoms with Crippen LogP contribution < -0.4 is 9.47 Å². The van der Waals surface area contributed by atoms with E-state index in [1.807, 2.05) is 36.4 Å². The van der Waals surface area contributed by atoms with E-state index in [-0.39, 0.29) is 12.4 Å². The van der Waals surface area contributed by atoms with Gasteiger partial charge in [-0.05, 0) is 42.6 Å². The fraction of sp³-hybridized carbons (Fsp3) is 0.167. The third kappa shape index (κ3) is 3.26. The number of hydrogen-bond donors (Lipinski definition) is 0. The monoisotopic (exact) mass is 403 g/mol. The van der Waals surface area contributed by atoms with E-state index in [1.165, 1.54) is 14.2 Å². The summed E-state index contributed by atoms with van der Waals surface area (Å²) in [5, 5.41) is 0.952. The van der Waals surface area contributed by atoms with E-state index in [0.717, 1.165) is 10.9 Å². The number of esters is 1. The Hall–Kier alpha value is -3.80. The van der Waals surface area contributed by atoms with E-state index in [2.05, 4.69) is 0 Å². The summed E-state index contributed by atoms with van der Waals surface area (Å²) in [6.45, 7) is 2.00. The van der Waals surface area contributed by atoms with Crippen LogP contribution in [0.2, 0.25) is 0 Å². The van der Waals surface area contributed by atoms with Gasteiger partial charge in [-0.1, -0.05) is 24.3 Å². The second-order valence-electron chi connectivity index (χ2n) is 6.71. The van der Waals surface area contributed by atoms with Gasteiger partial charge in [0.15, 0.2) is 0 Å². The van der Waals surface area contributed by atoms with Crippen molar-refractivity contribution in [3.63, 3.8) is 0 Å². The van der Waals surface area contributed by atoms with Gasteiger partial charge >= 0.3 is 5.97 Å². The Morgan fingerprint density at radius 1 is 0.867 bits per heavy atom. The maximum atomic E-state index is 13.6. The van der Waals surface area contributed by atoms with Crippen molar-refractivity contribution in [2.45, 2.75) is 6.92 Å². The smallest absolute Gasteiger partial charge is 0.340 e. The molecule has 0 aliphatic carbocycles. The average molecular weight is 403 g/mol. The third-order valence-electron chi connectivity index (χ3n) is 4.98. The van der Waals surface area contributed by atoms with Crippen LogP contribution in [0.3, 0.4) is 0 Å². The van der Waals surface area contributed by atoms with E-state index in [9.17, 15) is 9.59 Å². The molecule has 0 N–H and O–H groups in total. The lowest BCUT2D eigenvalue weighted by Gasteiger charge is -2.10. The van der Waals surface area contributed by atoms with Crippen molar-refractivity contribution < 1.29 is 23.8 Å². The highest BCUT2D eigenvalue weighted by Gasteiger charge is 2.23. The standard InChI is InChI=1S/C24H21NO5/c1-4-30-24(27)19-14-22(23(26)16-11-17(28-2)13-18(12-16)29-3)25-20-8-6-5-7-15(20)9-10-21(19)25/h5-14H,4H2,1-3H3. The Bertz CT molecular complexity index is 1250. The third-order valence-corrected chi connectivity index (χ3v) is 4.98. The predicted molar refractivity (Wildman–Crippen MR) is 114 cm³/mol. The van der Waals surface area contributed by atoms with Gasteiger partial charge in [0.05, 0.1) is 43.1 Å². The van der Waals surface area contributed by atoms with Gasteiger partial charge in [0.2, 0.25) is 5.78 Å². The number of rotatable bonds is 6. The number of carbonyl (C=O) groups excluding carboxylic acids is 2. The molecule has 6 nitrogen and oxygen atoms in total. The Kier molecular flexibility index (Phi) is 5.14. The number of pyridine rings is 1. The quantitative estimate of drug-likeness (QED) is 0.350. The lowest BCUT2D eigenvalue weighted by molar-refractivity contribution is 0.0529. The van der Waals surface area contributed by atoms with Gasteiger partial charge in [0.1, 0.15) is 11.5 Å². The lowest BCUT2D eigenvalue weighted by Crippen LogP contribution is -2.06. The van der Waals surface area contributed by atoms with E-state index < -0.39 is 5.97 Å². The van der Waals surface area contributed by atoms with Crippen molar-refractivity contribution >= 4 is 28.2 Å². The van der Waals surface area contributed by atoms with Crippen LogP contribution in [0, 0.1) is 0 Å². The molecule has 4 rings (SSSR count). The van der Waals surface area contributed by atoms with Gasteiger partial charge in [-0.2, -0.15) is 0 Å². The fourth-order valence-corrected chi connectivity index (χ4v) is 3.58. The first-order valence-electron chi connectivity index (χ1n) is 9.55. The average Bonchev–Trinajstić information content (AvgIpc) is 3.18. The molecular weight excluding hydrogens is 382 g/mol. The Balaban J connectivity index is 1.99. The van der Waals surface area contributed by atoms with Crippen LogP contribution in [0.25, 0.3) is 16.4 Å². The number of nitrogens with zero attached hydrogens (tertiary/aromatic N) is 1. The lowest BCUT2D eigenvalue weighted by atomic mass is 10.1. The number of carbonyl (C=O) groups is 2. The SMILES string of the molecule is CCOC(=O)c1cc(C(=O)c2cc(OC)cc(OC)c2)n2c1ccc1ccccc12. The molecule has 2 aromatic heterocycles. The molecule has 30 heavy (non-hydrogen) atoms. The molecule has 0 fully saturated rings. The molecule has 0 amide bonds. The molecule has 0 aliphatic rings. The molecule has 0 unspecified atom stereocenters. The molecule has 0 saturated heterocycles. The highest BCUT2D eigenvalue weighted by atomic mass is 16.5. The first kappa shape index (κ1) is 19.5. The van der Waals surface area contributed by atoms with Crippen molar-refractivity contribution in [2.24, 2.45) is 0 Å². The van der Waals surface area contributed by atoms with Gasteiger partial charge < -0.3 is 18.6 Å². The summed E-state index contributed by atoms with van der Waals surface area (Å²) in [6, 6.07) is 18.1. The molecule has 2 aromatic carbocycles. The van der Waals surface area contributed by atoms with Crippen molar-refractivity contribution in [3.05, 3.63) is 77.5 Å². The number of ketones is 1. The highest BCUT2D eigenvalue weighted by Crippen LogP contribution is 2.29. The maximum absolute atomic E-state index is 13.6. The molecule has 6 heteroatoms. The first-order valence-corrected chi connectivity index (χ1v) is 9.55. The van der Waals surface area contributed by atoms with Crippen molar-refractivity contribution in [2.75, 3.05) is 20.8 Å². The Labute approximate surface area is 173 Å². The number of para-hydroxylation sites is 1. The number of fused-ring (bicyclic) bond motifs is 3. The molecule has 0 saturated carbocycles. The van der Waals surface area contributed by atoms with E-state index in [1.54, 1.807) is 35.6 Å². The minimum Gasteiger partial charge on any atom is -0.497 e. The predicted octanol–water partition coefficient (Wildman–Crippen LogP) is 4.52. The van der Waals surface area contributed by atoms with E-state index in [4.69, 9.17) is 14.2 Å². The van der Waals surface area contributed by atoms with Gasteiger partial charge in [0, 0.05) is 11.6 Å². The number of aromatic nitrogens is 1. The largest absolute Gasteiger partial charge is 0.497 e. The van der Waals surface area contributed by atoms with Crippen molar-refractivity contribution in [3.8, 4) is 11.5 Å². The minimum absolute atomic E-state index is 0.250. The summed E-state index contributed by atoms with van der Waals surface area (Å²) >= 11 is 0. The van der Waals surface area contributed by atoms with Gasteiger partial charge in [0.25, 0.3) is 0 Å². The van der Waals surface area contributed by atoms with E-state index >= 15 is 0 Å². The zero-order valence-corrected chi connectivity index (χ0v) is 17.0. The Morgan fingerprint density at radius 2 is 1.57 bits per heavy atom. The van der Waals surface area contributed by atoms with E-state index in [0.29, 0.717) is 33.8 Å². The molecule has 0 spiro atoms. The summed E-state index contributed by atoms with van der Waals surface area (Å²) in [5.41, 5.74) is 2.55. The molecule has 0 aliphatic heterocycles. The van der Waals surface area contributed by atoms with Crippen LogP contribution in [-0.4, -0.2) is 37.0 Å². The zero-order chi connectivity index (χ0) is 21.3. The maximum Gasteiger partial charge on any atom is 0.340 e. The molecule has 2 heterocycles. The fourth-order valence-electron chi connectivity index (χ4n) is 3.58. The highest BCUT2D eigenvalue weighted by molar-refractivity contribution is 6.12. The number of benzene rings is 2. The summed E-state index contributed by atoms with van der Waals surface area (Å²) in [5.74, 6) is 0.296. The Morgan fingerprint density at radius 3 is 2.23 bits per heavy atom. The topological polar surface area (TPSA) is 66.2 Å². The van der Waals surface area contributed by atoms with Crippen LogP contribution in [0.4, 0.5) is 0 Å². The second-order valence-corrected chi connectivity index (χ2v) is 6.71. The van der Waals surface area contributed by atoms with Crippen LogP contribution in [0.1, 0.15) is 33.3 Å². The molecule has 0 radical (unpaired) electrons. The summed E-state index contributed by atoms with van der Waals surface area (Å²) in [6.07, 6.45) is 0. The zero-order valence-electron chi connectivity index (χ0n) is 17.0. The first-order chi connectivity index (χ1) is 14.6. The van der Waals surface area contributed by atoms with Crippen molar-refractivity contribution in [1.29, 1.82) is 0 Å². The summed E-state index contributed by atoms with van der Waals surface area (Å²) in [7, 11) is 3.06. The normalized spacial score (nSPS) is 10.9. The van der Waals surface area contributed by atoms with Gasteiger partial charge in [-0.15, -0.1) is 0 Å². The summed E-state index contributed by atoms with van der Waals surface area (Å²) in [4.78, 5) is 26.1. The minimum atomic E-state index is -0.465. The molecular formula is C24H21NO5. The summed E-state index contributed by atoms with van der Waals surface area (Å²) < 4.78 is 17.6.